The Labute approximate surface area is 112 Å². The summed E-state index contributed by atoms with van der Waals surface area (Å²) in [4.78, 5) is 4.02. The van der Waals surface area contributed by atoms with Crippen molar-refractivity contribution in [1.29, 1.82) is 0 Å². The van der Waals surface area contributed by atoms with Gasteiger partial charge in [-0.25, -0.2) is 0 Å². The third-order valence-electron chi connectivity index (χ3n) is 3.07. The van der Waals surface area contributed by atoms with Crippen molar-refractivity contribution in [3.05, 3.63) is 35.2 Å². The second-order valence-corrected chi connectivity index (χ2v) is 5.45. The summed E-state index contributed by atoms with van der Waals surface area (Å²) in [6.45, 7) is 5.72. The van der Waals surface area contributed by atoms with E-state index in [1.165, 1.54) is 28.1 Å². The first-order valence-corrected chi connectivity index (χ1v) is 6.64. The summed E-state index contributed by atoms with van der Waals surface area (Å²) >= 11 is 1.93. The molecular weight excluding hydrogens is 252 g/mol. The fourth-order valence-corrected chi connectivity index (χ4v) is 3.31. The van der Waals surface area contributed by atoms with Gasteiger partial charge in [0.25, 0.3) is 0 Å². The molecule has 0 saturated carbocycles. The van der Waals surface area contributed by atoms with Crippen molar-refractivity contribution in [2.24, 2.45) is 0 Å². The smallest absolute Gasteiger partial charge is 0.0346 e. The predicted octanol–water partition coefficient (Wildman–Crippen LogP) is 2.73. The molecule has 17 heavy (non-hydrogen) atoms. The Bertz CT molecular complexity index is 444. The predicted molar refractivity (Wildman–Crippen MR) is 77.2 cm³/mol. The van der Waals surface area contributed by atoms with E-state index in [2.05, 4.69) is 40.5 Å². The van der Waals surface area contributed by atoms with E-state index in [4.69, 9.17) is 0 Å². The second-order valence-electron chi connectivity index (χ2n) is 4.28. The fraction of sp³-hybridized carbons (Fsp3) is 0.385. The summed E-state index contributed by atoms with van der Waals surface area (Å²) in [5.41, 5.74) is 0. The minimum Gasteiger partial charge on any atom is -0.314 e. The standard InChI is InChI=1S/C13H16N2S.ClH/c1-2-4-13-11(3-1)9-12(16-13)10-15-7-5-14-6-8-15;/h1-4,9,14H,5-8,10H2;1H. The van der Waals surface area contributed by atoms with E-state index in [1.54, 1.807) is 0 Å². The topological polar surface area (TPSA) is 15.3 Å². The summed E-state index contributed by atoms with van der Waals surface area (Å²) in [6, 6.07) is 11.0. The Morgan fingerprint density at radius 2 is 1.94 bits per heavy atom. The van der Waals surface area contributed by atoms with Crippen molar-refractivity contribution in [2.45, 2.75) is 6.54 Å². The van der Waals surface area contributed by atoms with Gasteiger partial charge in [-0.1, -0.05) is 18.2 Å². The minimum atomic E-state index is 0. The number of rotatable bonds is 2. The molecule has 3 rings (SSSR count). The summed E-state index contributed by atoms with van der Waals surface area (Å²) < 4.78 is 1.41. The number of hydrogen-bond acceptors (Lipinski definition) is 3. The quantitative estimate of drug-likeness (QED) is 0.901. The van der Waals surface area contributed by atoms with E-state index < -0.39 is 0 Å². The Kier molecular flexibility index (Phi) is 4.40. The highest BCUT2D eigenvalue weighted by atomic mass is 35.5. The first-order valence-electron chi connectivity index (χ1n) is 5.82. The normalized spacial score (nSPS) is 16.9. The average Bonchev–Trinajstić information content (AvgIpc) is 2.72. The molecule has 1 fully saturated rings. The lowest BCUT2D eigenvalue weighted by Gasteiger charge is -2.26. The van der Waals surface area contributed by atoms with E-state index in [0.717, 1.165) is 19.6 Å². The molecule has 1 aliphatic rings. The zero-order valence-electron chi connectivity index (χ0n) is 9.69. The summed E-state index contributed by atoms with van der Waals surface area (Å²) in [5, 5.41) is 4.78. The maximum atomic E-state index is 3.39. The Hall–Kier alpha value is -0.610. The first kappa shape index (κ1) is 12.8. The summed E-state index contributed by atoms with van der Waals surface area (Å²) in [5.74, 6) is 0. The van der Waals surface area contributed by atoms with E-state index in [1.807, 2.05) is 11.3 Å². The van der Waals surface area contributed by atoms with Crippen LogP contribution in [0.15, 0.2) is 30.3 Å². The van der Waals surface area contributed by atoms with Gasteiger partial charge < -0.3 is 5.32 Å². The van der Waals surface area contributed by atoms with Crippen LogP contribution >= 0.6 is 23.7 Å². The monoisotopic (exact) mass is 268 g/mol. The molecular formula is C13H17ClN2S. The van der Waals surface area contributed by atoms with Gasteiger partial charge in [0.2, 0.25) is 0 Å². The van der Waals surface area contributed by atoms with Gasteiger partial charge in [0.05, 0.1) is 0 Å². The number of benzene rings is 1. The molecule has 2 aromatic rings. The van der Waals surface area contributed by atoms with Crippen LogP contribution < -0.4 is 5.32 Å². The zero-order valence-corrected chi connectivity index (χ0v) is 11.3. The van der Waals surface area contributed by atoms with Gasteiger partial charge in [0, 0.05) is 42.3 Å². The van der Waals surface area contributed by atoms with Gasteiger partial charge in [-0.2, -0.15) is 0 Å². The van der Waals surface area contributed by atoms with Crippen LogP contribution in [-0.4, -0.2) is 31.1 Å². The molecule has 1 saturated heterocycles. The number of halogens is 1. The van der Waals surface area contributed by atoms with Crippen molar-refractivity contribution in [3.63, 3.8) is 0 Å². The molecule has 0 aliphatic carbocycles. The molecule has 0 amide bonds. The van der Waals surface area contributed by atoms with Gasteiger partial charge in [-0.3, -0.25) is 4.90 Å². The van der Waals surface area contributed by atoms with Crippen molar-refractivity contribution < 1.29 is 0 Å². The number of nitrogens with zero attached hydrogens (tertiary/aromatic N) is 1. The Balaban J connectivity index is 0.00000108. The van der Waals surface area contributed by atoms with Crippen molar-refractivity contribution >= 4 is 33.8 Å². The summed E-state index contributed by atoms with van der Waals surface area (Å²) in [7, 11) is 0. The number of hydrogen-bond donors (Lipinski definition) is 1. The van der Waals surface area contributed by atoms with Crippen molar-refractivity contribution in [2.75, 3.05) is 26.2 Å². The van der Waals surface area contributed by atoms with E-state index in [0.29, 0.717) is 0 Å². The van der Waals surface area contributed by atoms with E-state index in [-0.39, 0.29) is 12.4 Å². The van der Waals surface area contributed by atoms with Gasteiger partial charge >= 0.3 is 0 Å². The minimum absolute atomic E-state index is 0. The van der Waals surface area contributed by atoms with E-state index in [9.17, 15) is 0 Å². The number of nitrogens with one attached hydrogen (secondary N) is 1. The Morgan fingerprint density at radius 1 is 1.18 bits per heavy atom. The molecule has 0 unspecified atom stereocenters. The lowest BCUT2D eigenvalue weighted by Crippen LogP contribution is -2.42. The fourth-order valence-electron chi connectivity index (χ4n) is 2.20. The highest BCUT2D eigenvalue weighted by Gasteiger charge is 2.11. The molecule has 1 aromatic heterocycles. The number of thiophene rings is 1. The van der Waals surface area contributed by atoms with Crippen LogP contribution in [0.3, 0.4) is 0 Å². The number of fused-ring (bicyclic) bond motifs is 1. The van der Waals surface area contributed by atoms with Crippen LogP contribution in [-0.2, 0) is 6.54 Å². The second kappa shape index (κ2) is 5.83. The van der Waals surface area contributed by atoms with Crippen molar-refractivity contribution in [3.8, 4) is 0 Å². The molecule has 0 radical (unpaired) electrons. The van der Waals surface area contributed by atoms with Crippen LogP contribution in [0.4, 0.5) is 0 Å². The van der Waals surface area contributed by atoms with Crippen molar-refractivity contribution in [1.82, 2.24) is 10.2 Å². The van der Waals surface area contributed by atoms with Gasteiger partial charge in [0.15, 0.2) is 0 Å². The van der Waals surface area contributed by atoms with E-state index >= 15 is 0 Å². The molecule has 1 aliphatic heterocycles. The van der Waals surface area contributed by atoms with Crippen LogP contribution in [0.25, 0.3) is 10.1 Å². The largest absolute Gasteiger partial charge is 0.314 e. The molecule has 1 N–H and O–H groups in total. The lowest BCUT2D eigenvalue weighted by molar-refractivity contribution is 0.235. The maximum Gasteiger partial charge on any atom is 0.0346 e. The highest BCUT2D eigenvalue weighted by Crippen LogP contribution is 2.26. The van der Waals surface area contributed by atoms with Crippen LogP contribution in [0, 0.1) is 0 Å². The number of piperazine rings is 1. The van der Waals surface area contributed by atoms with Gasteiger partial charge in [-0.15, -0.1) is 23.7 Å². The first-order chi connectivity index (χ1) is 7.92. The molecule has 0 spiro atoms. The molecule has 2 heterocycles. The molecule has 0 atom stereocenters. The molecule has 1 aromatic carbocycles. The third-order valence-corrected chi connectivity index (χ3v) is 4.17. The highest BCUT2D eigenvalue weighted by molar-refractivity contribution is 7.19. The molecule has 0 bridgehead atoms. The Morgan fingerprint density at radius 3 is 2.71 bits per heavy atom. The average molecular weight is 269 g/mol. The van der Waals surface area contributed by atoms with Crippen LogP contribution in [0.2, 0.25) is 0 Å². The SMILES string of the molecule is Cl.c1ccc2sc(CN3CCNCC3)cc2c1. The van der Waals surface area contributed by atoms with Crippen LogP contribution in [0.5, 0.6) is 0 Å². The third kappa shape index (κ3) is 2.99. The maximum absolute atomic E-state index is 3.39. The van der Waals surface area contributed by atoms with Gasteiger partial charge in [-0.05, 0) is 17.5 Å². The van der Waals surface area contributed by atoms with Crippen LogP contribution in [0.1, 0.15) is 4.88 Å². The van der Waals surface area contributed by atoms with Gasteiger partial charge in [0.1, 0.15) is 0 Å². The summed E-state index contributed by atoms with van der Waals surface area (Å²) in [6.07, 6.45) is 0. The molecule has 4 heteroatoms. The molecule has 2 nitrogen and oxygen atoms in total. The zero-order chi connectivity index (χ0) is 10.8. The lowest BCUT2D eigenvalue weighted by atomic mass is 10.2. The molecule has 92 valence electrons.